The van der Waals surface area contributed by atoms with Gasteiger partial charge in [0.2, 0.25) is 0 Å². The summed E-state index contributed by atoms with van der Waals surface area (Å²) < 4.78 is 9.22. The van der Waals surface area contributed by atoms with E-state index in [-0.39, 0.29) is 78.7 Å². The van der Waals surface area contributed by atoms with Crippen molar-refractivity contribution in [3.8, 4) is 67.5 Å². The number of methoxy groups -OCH3 is 2. The largest absolute Gasteiger partial charge is 1.00 e. The van der Waals surface area contributed by atoms with Crippen LogP contribution in [0.5, 0.6) is 0 Å². The first-order chi connectivity index (χ1) is 54.1. The molecule has 3 aliphatic rings. The number of aromatic nitrogens is 15. The van der Waals surface area contributed by atoms with Gasteiger partial charge >= 0.3 is 42.7 Å². The van der Waals surface area contributed by atoms with Crippen molar-refractivity contribution in [2.45, 2.75) is 0 Å². The van der Waals surface area contributed by atoms with E-state index < -0.39 is 17.9 Å². The molecule has 3 saturated heterocycles. The topological polar surface area (TPSA) is 457 Å². The minimum absolute atomic E-state index is 0. The predicted molar refractivity (Wildman–Crippen MR) is 416 cm³/mol. The summed E-state index contributed by atoms with van der Waals surface area (Å²) in [5, 5.41) is 54.1. The van der Waals surface area contributed by atoms with Gasteiger partial charge in [-0.2, -0.15) is 15.3 Å². The van der Waals surface area contributed by atoms with Crippen molar-refractivity contribution in [1.82, 2.24) is 90.6 Å². The normalized spacial score (nSPS) is 13.0. The summed E-state index contributed by atoms with van der Waals surface area (Å²) in [4.78, 5) is 109. The number of H-pyrrole nitrogens is 6. The van der Waals surface area contributed by atoms with Gasteiger partial charge in [-0.05, 0) is 108 Å². The van der Waals surface area contributed by atoms with Crippen molar-refractivity contribution < 1.29 is 72.8 Å². The van der Waals surface area contributed by atoms with E-state index in [2.05, 4.69) is 101 Å². The van der Waals surface area contributed by atoms with Crippen LogP contribution >= 0.6 is 0 Å². The van der Waals surface area contributed by atoms with Gasteiger partial charge in [-0.25, -0.2) is 34.7 Å². The molecule has 33 heteroatoms. The summed E-state index contributed by atoms with van der Waals surface area (Å²) in [6, 6.07) is 51.6. The third kappa shape index (κ3) is 17.8. The summed E-state index contributed by atoms with van der Waals surface area (Å²) in [6.45, 7) is 2.76. The van der Waals surface area contributed by atoms with Crippen LogP contribution in [-0.4, -0.2) is 190 Å². The van der Waals surface area contributed by atoms with Crippen LogP contribution in [0.2, 0.25) is 0 Å². The number of rotatable bonds is 18. The number of hydrogen-bond donors (Lipinski definition) is 12. The standard InChI is InChI=1S/C27H23N7O3.C26H21N7O3.C22H16N6O2.C5H9NO2.Li.H2O/c1-37-27(36)20-14-34(15-20)26(35)23-10-17-2-3-18(11-22(17)32-23)25-28-9-8-24(33-25)31-21-6-4-16(5-7-21)19-12-29-30-13-19;34-25(33-13-19(14-33)26(35)36)22-9-16-1-2-17(10-21(16)31-22)24-27-8-7-23(32-24)30-20-5-3-15(4-6-20)18-11-28-29-12-18;29-22(30)19-9-14-1-2-15(10-18(14)27-19)21-23-8-7-20(28-21)26-17-5-3-13(4-6-17)16-11-24-25-12-16;1-8-5(7)4-2-6-3-4;;/h2-13,20,32H,14-15H2,1H3,(H,29,30)(H,28,31,33);1-12,19,31H,13-14H2,(H,28,29)(H,35,36)(H,27,30,32);1-12,27H,(H,24,25)(H,29,30)(H,23,26,28);4,6H,2-3H2,1H3;;1H2/q;;;;+1;/p-1. The molecule has 3 aliphatic heterocycles. The summed E-state index contributed by atoms with van der Waals surface area (Å²) in [5.74, 6) is 0.442. The van der Waals surface area contributed by atoms with Gasteiger partial charge in [0.05, 0.1) is 50.6 Å². The Morgan fingerprint density at radius 1 is 0.407 bits per heavy atom. The maximum atomic E-state index is 12.8. The van der Waals surface area contributed by atoms with Crippen LogP contribution in [0.1, 0.15) is 31.5 Å². The van der Waals surface area contributed by atoms with E-state index in [0.29, 0.717) is 59.4 Å². The van der Waals surface area contributed by atoms with Crippen LogP contribution in [-0.2, 0) is 23.9 Å². The monoisotopic (exact) mass is 1510 g/mol. The minimum atomic E-state index is -0.992. The molecule has 0 saturated carbocycles. The Morgan fingerprint density at radius 2 is 0.735 bits per heavy atom. The number of amides is 2. The number of fused-ring (bicyclic) bond motifs is 3. The number of carbonyl (C=O) groups is 6. The Bertz CT molecular complexity index is 5860. The summed E-state index contributed by atoms with van der Waals surface area (Å²) in [7, 11) is 2.78. The fraction of sp³-hybridized carbons (Fsp3) is 0.138. The third-order valence-corrected chi connectivity index (χ3v) is 18.8. The van der Waals surface area contributed by atoms with Gasteiger partial charge in [0, 0.05) is 160 Å². The first kappa shape index (κ1) is 76.7. The molecule has 6 aromatic carbocycles. The summed E-state index contributed by atoms with van der Waals surface area (Å²) in [6.07, 6.45) is 16.0. The van der Waals surface area contributed by atoms with Crippen molar-refractivity contribution in [1.29, 1.82) is 0 Å². The molecular formula is C80H70LiN21O11. The van der Waals surface area contributed by atoms with E-state index in [9.17, 15) is 28.8 Å². The zero-order valence-electron chi connectivity index (χ0n) is 60.8. The molecular weight excluding hydrogens is 1440 g/mol. The number of ether oxygens (including phenoxy) is 2. The van der Waals surface area contributed by atoms with Gasteiger partial charge in [0.1, 0.15) is 34.5 Å². The molecule has 0 spiro atoms. The van der Waals surface area contributed by atoms with E-state index >= 15 is 0 Å². The molecule has 0 aliphatic carbocycles. The van der Waals surface area contributed by atoms with Crippen LogP contribution in [0.15, 0.2) is 220 Å². The van der Waals surface area contributed by atoms with Gasteiger partial charge in [0.15, 0.2) is 17.5 Å². The van der Waals surface area contributed by atoms with Crippen LogP contribution < -0.4 is 40.1 Å². The number of aliphatic carboxylic acids is 1. The molecule has 9 aromatic heterocycles. The van der Waals surface area contributed by atoms with Crippen LogP contribution in [0.4, 0.5) is 34.5 Å². The maximum Gasteiger partial charge on any atom is 1.00 e. The average Bonchev–Trinajstić information content (AvgIpc) is 1.69. The zero-order chi connectivity index (χ0) is 76.5. The molecule has 3 fully saturated rings. The summed E-state index contributed by atoms with van der Waals surface area (Å²) >= 11 is 0. The molecule has 15 aromatic rings. The molecule has 0 bridgehead atoms. The fourth-order valence-electron chi connectivity index (χ4n) is 12.5. The quantitative estimate of drug-likeness (QED) is 0.0282. The van der Waals surface area contributed by atoms with E-state index in [1.165, 1.54) is 19.1 Å². The van der Waals surface area contributed by atoms with Gasteiger partial charge in [-0.3, -0.25) is 39.3 Å². The van der Waals surface area contributed by atoms with E-state index in [1.807, 2.05) is 158 Å². The number of carboxylic acid groups (broad SMARTS) is 2. The molecule has 113 heavy (non-hydrogen) atoms. The second kappa shape index (κ2) is 34.4. The smallest absolute Gasteiger partial charge is 0.870 e. The Morgan fingerprint density at radius 3 is 1.04 bits per heavy atom. The van der Waals surface area contributed by atoms with E-state index in [0.717, 1.165) is 113 Å². The Kier molecular flexibility index (Phi) is 23.4. The Labute approximate surface area is 654 Å². The van der Waals surface area contributed by atoms with Gasteiger partial charge in [0.25, 0.3) is 11.8 Å². The van der Waals surface area contributed by atoms with Gasteiger partial charge in [-0.1, -0.05) is 72.8 Å². The van der Waals surface area contributed by atoms with Crippen LogP contribution in [0.25, 0.3) is 100 Å². The Balaban J connectivity index is 0.000000140. The van der Waals surface area contributed by atoms with E-state index in [4.69, 9.17) is 14.9 Å². The number of benzene rings is 6. The third-order valence-electron chi connectivity index (χ3n) is 18.8. The van der Waals surface area contributed by atoms with Crippen molar-refractivity contribution in [2.75, 3.05) is 69.4 Å². The fourth-order valence-corrected chi connectivity index (χ4v) is 12.5. The number of nitrogens with one attached hydrogen (secondary N) is 10. The molecule has 12 heterocycles. The number of likely N-dealkylation sites (tertiary alicyclic amines) is 2. The molecule has 32 nitrogen and oxygen atoms in total. The van der Waals surface area contributed by atoms with Crippen molar-refractivity contribution in [2.24, 2.45) is 17.8 Å². The van der Waals surface area contributed by atoms with Crippen LogP contribution in [0.3, 0.4) is 0 Å². The minimum Gasteiger partial charge on any atom is -0.870 e. The predicted octanol–water partition coefficient (Wildman–Crippen LogP) is 8.58. The number of aromatic amines is 6. The number of aromatic carboxylic acids is 1. The average molecular weight is 1510 g/mol. The first-order valence-electron chi connectivity index (χ1n) is 35.0. The molecule has 0 unspecified atom stereocenters. The van der Waals surface area contributed by atoms with Gasteiger partial charge in [-0.15, -0.1) is 0 Å². The summed E-state index contributed by atoms with van der Waals surface area (Å²) in [5.41, 5.74) is 14.7. The number of anilines is 6. The number of hydrogen-bond acceptors (Lipinski definition) is 22. The Hall–Kier alpha value is -14.5. The van der Waals surface area contributed by atoms with E-state index in [1.54, 1.807) is 66.3 Å². The number of nitrogens with zero attached hydrogens (tertiary/aromatic N) is 11. The second-order valence-corrected chi connectivity index (χ2v) is 26.2. The maximum absolute atomic E-state index is 12.8. The van der Waals surface area contributed by atoms with Gasteiger partial charge < -0.3 is 71.2 Å². The number of carbonyl (C=O) groups excluding carboxylic acids is 4. The molecule has 13 N–H and O–H groups in total. The van der Waals surface area contributed by atoms with Crippen molar-refractivity contribution in [3.63, 3.8) is 0 Å². The first-order valence-corrected chi connectivity index (χ1v) is 35.0. The second-order valence-electron chi connectivity index (χ2n) is 26.2. The SMILES string of the molecule is COC(=O)C1CN(C(=O)c2cc3ccc(-c4nccc(Nc5ccc(-c6cn[nH]c6)cc5)n4)cc3[nH]2)C1.COC(=O)C1CNC1.O=C(O)C1CN(C(=O)c2cc3ccc(-c4nccc(Nc5ccc(-c6cn[nH]c6)cc5)n4)cc3[nH]2)C1.O=C(O)c1cc2ccc(-c3nccc(Nc4ccc(-c5cn[nH]c5)cc4)n3)cc2[nH]1.[Li+].[OH-]. The van der Waals surface area contributed by atoms with Crippen LogP contribution in [0, 0.1) is 17.8 Å². The number of esters is 2. The number of carboxylic acids is 2. The molecule has 0 atom stereocenters. The molecule has 18 rings (SSSR count). The molecule has 2 amide bonds. The zero-order valence-corrected chi connectivity index (χ0v) is 60.8. The molecule has 562 valence electrons. The van der Waals surface area contributed by atoms with Crippen molar-refractivity contribution >= 4 is 103 Å². The molecule has 0 radical (unpaired) electrons. The van der Waals surface area contributed by atoms with Crippen molar-refractivity contribution in [3.05, 3.63) is 237 Å².